The largest absolute Gasteiger partial charge is 0.303 e. The number of hydrogen-bond acceptors (Lipinski definition) is 1. The smallest absolute Gasteiger partial charge is 0.123 e. The Labute approximate surface area is 68.5 Å². The van der Waals surface area contributed by atoms with Crippen LogP contribution in [0.15, 0.2) is 11.6 Å². The van der Waals surface area contributed by atoms with E-state index in [1.807, 2.05) is 0 Å². The van der Waals surface area contributed by atoms with Gasteiger partial charge in [-0.25, -0.2) is 0 Å². The third-order valence-electron chi connectivity index (χ3n) is 2.61. The summed E-state index contributed by atoms with van der Waals surface area (Å²) in [5.41, 5.74) is 1.43. The van der Waals surface area contributed by atoms with Crippen molar-refractivity contribution in [3.63, 3.8) is 0 Å². The van der Waals surface area contributed by atoms with E-state index in [-0.39, 0.29) is 5.92 Å². The molecule has 0 fully saturated rings. The van der Waals surface area contributed by atoms with Crippen molar-refractivity contribution < 1.29 is 4.79 Å². The molecular formula is C10H16O. The van der Waals surface area contributed by atoms with Gasteiger partial charge < -0.3 is 4.79 Å². The molecule has 1 nitrogen and oxygen atoms in total. The summed E-state index contributed by atoms with van der Waals surface area (Å²) in [6, 6.07) is 0. The van der Waals surface area contributed by atoms with E-state index in [1.165, 1.54) is 5.57 Å². The lowest BCUT2D eigenvalue weighted by Gasteiger charge is -2.28. The van der Waals surface area contributed by atoms with Crippen LogP contribution < -0.4 is 0 Å². The van der Waals surface area contributed by atoms with Crippen LogP contribution in [0.1, 0.15) is 27.2 Å². The Morgan fingerprint density at radius 3 is 2.64 bits per heavy atom. The molecule has 0 aromatic heterocycles. The number of carbonyl (C=O) groups is 1. The Morgan fingerprint density at radius 1 is 1.55 bits per heavy atom. The molecule has 0 unspecified atom stereocenters. The highest BCUT2D eigenvalue weighted by molar-refractivity contribution is 5.55. The van der Waals surface area contributed by atoms with Gasteiger partial charge in [-0.15, -0.1) is 0 Å². The van der Waals surface area contributed by atoms with E-state index in [0.717, 1.165) is 12.7 Å². The Kier molecular flexibility index (Phi) is 2.48. The van der Waals surface area contributed by atoms with Crippen LogP contribution in [-0.2, 0) is 4.79 Å². The highest BCUT2D eigenvalue weighted by atomic mass is 16.1. The van der Waals surface area contributed by atoms with Crippen molar-refractivity contribution >= 4 is 6.29 Å². The predicted molar refractivity (Wildman–Crippen MR) is 46.3 cm³/mol. The van der Waals surface area contributed by atoms with Crippen LogP contribution in [0, 0.1) is 17.8 Å². The minimum atomic E-state index is 0.249. The zero-order valence-electron chi connectivity index (χ0n) is 7.50. The Morgan fingerprint density at radius 2 is 2.18 bits per heavy atom. The van der Waals surface area contributed by atoms with Crippen molar-refractivity contribution in [2.24, 2.45) is 17.8 Å². The van der Waals surface area contributed by atoms with Crippen molar-refractivity contribution in [1.29, 1.82) is 0 Å². The minimum absolute atomic E-state index is 0.249. The first-order valence-corrected chi connectivity index (χ1v) is 4.27. The Bertz CT molecular complexity index is 181. The first-order chi connectivity index (χ1) is 5.15. The first kappa shape index (κ1) is 8.51. The van der Waals surface area contributed by atoms with Gasteiger partial charge in [0.25, 0.3) is 0 Å². The molecule has 0 aliphatic heterocycles. The second kappa shape index (κ2) is 3.21. The van der Waals surface area contributed by atoms with Gasteiger partial charge in [0, 0.05) is 5.92 Å². The third kappa shape index (κ3) is 1.70. The molecule has 0 aromatic rings. The zero-order valence-corrected chi connectivity index (χ0v) is 7.50. The monoisotopic (exact) mass is 152 g/mol. The highest BCUT2D eigenvalue weighted by Gasteiger charge is 2.25. The van der Waals surface area contributed by atoms with Crippen LogP contribution in [0.25, 0.3) is 0 Å². The number of rotatable bonds is 1. The van der Waals surface area contributed by atoms with E-state index >= 15 is 0 Å². The average Bonchev–Trinajstić information content (AvgIpc) is 1.85. The summed E-state index contributed by atoms with van der Waals surface area (Å²) in [4.78, 5) is 10.7. The van der Waals surface area contributed by atoms with Gasteiger partial charge in [-0.3, -0.25) is 0 Å². The summed E-state index contributed by atoms with van der Waals surface area (Å²) in [5, 5.41) is 0. The second-order valence-electron chi connectivity index (χ2n) is 3.77. The zero-order chi connectivity index (χ0) is 8.43. The summed E-state index contributed by atoms with van der Waals surface area (Å²) < 4.78 is 0. The second-order valence-corrected chi connectivity index (χ2v) is 3.77. The molecule has 0 N–H and O–H groups in total. The molecule has 0 saturated carbocycles. The van der Waals surface area contributed by atoms with Gasteiger partial charge in [0.05, 0.1) is 0 Å². The first-order valence-electron chi connectivity index (χ1n) is 4.27. The molecule has 11 heavy (non-hydrogen) atoms. The lowest BCUT2D eigenvalue weighted by molar-refractivity contribution is -0.113. The fraction of sp³-hybridized carbons (Fsp3) is 0.700. The molecule has 1 aliphatic carbocycles. The standard InChI is InChI=1S/C10H16O/c1-7-4-8(2)10(6-11)9(3)5-7/h4,6,8-10H,5H2,1-3H3/t8-,9-,10+/m1/s1. The molecule has 0 bridgehead atoms. The molecule has 0 amide bonds. The van der Waals surface area contributed by atoms with Crippen LogP contribution in [0.2, 0.25) is 0 Å². The van der Waals surface area contributed by atoms with Crippen LogP contribution in [0.3, 0.4) is 0 Å². The van der Waals surface area contributed by atoms with Gasteiger partial charge >= 0.3 is 0 Å². The average molecular weight is 152 g/mol. The van der Waals surface area contributed by atoms with Gasteiger partial charge in [-0.1, -0.05) is 25.5 Å². The quantitative estimate of drug-likeness (QED) is 0.416. The van der Waals surface area contributed by atoms with Gasteiger partial charge in [-0.2, -0.15) is 0 Å². The summed E-state index contributed by atoms with van der Waals surface area (Å²) in [7, 11) is 0. The van der Waals surface area contributed by atoms with E-state index in [2.05, 4.69) is 26.8 Å². The molecule has 3 atom stereocenters. The molecule has 1 rings (SSSR count). The lowest BCUT2D eigenvalue weighted by atomic mass is 9.76. The summed E-state index contributed by atoms with van der Waals surface area (Å²) in [6.45, 7) is 6.43. The Hall–Kier alpha value is -0.590. The van der Waals surface area contributed by atoms with Crippen molar-refractivity contribution in [2.45, 2.75) is 27.2 Å². The van der Waals surface area contributed by atoms with Gasteiger partial charge in [0.1, 0.15) is 6.29 Å². The Balaban J connectivity index is 2.76. The fourth-order valence-electron chi connectivity index (χ4n) is 2.05. The van der Waals surface area contributed by atoms with E-state index in [0.29, 0.717) is 11.8 Å². The predicted octanol–water partition coefficient (Wildman–Crippen LogP) is 2.42. The fourth-order valence-corrected chi connectivity index (χ4v) is 2.05. The van der Waals surface area contributed by atoms with Crippen molar-refractivity contribution in [3.8, 4) is 0 Å². The molecular weight excluding hydrogens is 136 g/mol. The number of allylic oxidation sites excluding steroid dienone is 2. The molecule has 1 heteroatoms. The molecule has 0 aromatic carbocycles. The lowest BCUT2D eigenvalue weighted by Crippen LogP contribution is -2.24. The maximum atomic E-state index is 10.7. The number of carbonyl (C=O) groups excluding carboxylic acids is 1. The molecule has 0 saturated heterocycles. The van der Waals surface area contributed by atoms with Crippen molar-refractivity contribution in [2.75, 3.05) is 0 Å². The normalized spacial score (nSPS) is 38.1. The van der Waals surface area contributed by atoms with Crippen LogP contribution >= 0.6 is 0 Å². The summed E-state index contributed by atoms with van der Waals surface area (Å²) in [5.74, 6) is 1.22. The van der Waals surface area contributed by atoms with Crippen LogP contribution in [-0.4, -0.2) is 6.29 Å². The topological polar surface area (TPSA) is 17.1 Å². The van der Waals surface area contributed by atoms with E-state index in [4.69, 9.17) is 0 Å². The van der Waals surface area contributed by atoms with E-state index in [9.17, 15) is 4.79 Å². The van der Waals surface area contributed by atoms with Crippen molar-refractivity contribution in [1.82, 2.24) is 0 Å². The molecule has 0 radical (unpaired) electrons. The molecule has 1 aliphatic rings. The number of hydrogen-bond donors (Lipinski definition) is 0. The highest BCUT2D eigenvalue weighted by Crippen LogP contribution is 2.31. The summed E-state index contributed by atoms with van der Waals surface area (Å²) in [6.07, 6.45) is 4.42. The van der Waals surface area contributed by atoms with Crippen LogP contribution in [0.4, 0.5) is 0 Å². The maximum Gasteiger partial charge on any atom is 0.123 e. The van der Waals surface area contributed by atoms with Crippen molar-refractivity contribution in [3.05, 3.63) is 11.6 Å². The number of aldehydes is 1. The van der Waals surface area contributed by atoms with E-state index in [1.54, 1.807) is 0 Å². The van der Waals surface area contributed by atoms with E-state index < -0.39 is 0 Å². The molecule has 62 valence electrons. The van der Waals surface area contributed by atoms with Gasteiger partial charge in [-0.05, 0) is 25.2 Å². The SMILES string of the molecule is CC1=C[C@@H](C)[C@H](C=O)[C@H](C)C1. The summed E-state index contributed by atoms with van der Waals surface area (Å²) >= 11 is 0. The minimum Gasteiger partial charge on any atom is -0.303 e. The van der Waals surface area contributed by atoms with Gasteiger partial charge in [0.15, 0.2) is 0 Å². The molecule has 0 spiro atoms. The maximum absolute atomic E-state index is 10.7. The van der Waals surface area contributed by atoms with Crippen LogP contribution in [0.5, 0.6) is 0 Å². The van der Waals surface area contributed by atoms with Gasteiger partial charge in [0.2, 0.25) is 0 Å². The molecule has 0 heterocycles. The third-order valence-corrected chi connectivity index (χ3v) is 2.61.